The van der Waals surface area contributed by atoms with Crippen LogP contribution in [0.2, 0.25) is 0 Å². The van der Waals surface area contributed by atoms with Crippen molar-refractivity contribution in [1.82, 2.24) is 14.8 Å². The summed E-state index contributed by atoms with van der Waals surface area (Å²) in [7, 11) is 2.61. The summed E-state index contributed by atoms with van der Waals surface area (Å²) in [5.74, 6) is -2.42. The fourth-order valence-electron chi connectivity index (χ4n) is 2.61. The number of halogens is 2. The Bertz CT molecular complexity index is 1040. The van der Waals surface area contributed by atoms with Gasteiger partial charge in [0.2, 0.25) is 11.2 Å². The zero-order valence-electron chi connectivity index (χ0n) is 13.5. The van der Waals surface area contributed by atoms with Crippen molar-refractivity contribution in [2.75, 3.05) is 7.11 Å². The van der Waals surface area contributed by atoms with Crippen molar-refractivity contribution in [3.05, 3.63) is 45.8 Å². The summed E-state index contributed by atoms with van der Waals surface area (Å²) in [5, 5.41) is 4.24. The van der Waals surface area contributed by atoms with E-state index >= 15 is 0 Å². The normalized spacial score (nSPS) is 10.9. The number of benzene rings is 1. The van der Waals surface area contributed by atoms with E-state index in [1.165, 1.54) is 10.7 Å². The van der Waals surface area contributed by atoms with E-state index in [-0.39, 0.29) is 16.7 Å². The van der Waals surface area contributed by atoms with Crippen LogP contribution in [0.25, 0.3) is 22.3 Å². The molecular formula is C16H13F2N3O4. The molecule has 0 amide bonds. The number of aryl methyl sites for hydroxylation is 2. The lowest BCUT2D eigenvalue weighted by Gasteiger charge is -2.11. The van der Waals surface area contributed by atoms with Gasteiger partial charge in [-0.1, -0.05) is 6.07 Å². The predicted octanol–water partition coefficient (Wildman–Crippen LogP) is 2.66. The molecule has 0 atom stereocenters. The van der Waals surface area contributed by atoms with Gasteiger partial charge in [0.05, 0.1) is 23.8 Å². The van der Waals surface area contributed by atoms with Crippen molar-refractivity contribution < 1.29 is 23.0 Å². The van der Waals surface area contributed by atoms with Crippen LogP contribution < -0.4 is 10.2 Å². The van der Waals surface area contributed by atoms with E-state index in [4.69, 9.17) is 4.74 Å². The van der Waals surface area contributed by atoms with E-state index in [2.05, 4.69) is 14.8 Å². The highest BCUT2D eigenvalue weighted by molar-refractivity contribution is 5.86. The van der Waals surface area contributed by atoms with E-state index in [0.29, 0.717) is 5.69 Å². The number of nitrogens with one attached hydrogen (secondary N) is 1. The Balaban J connectivity index is 2.44. The molecule has 3 rings (SSSR count). The number of aromatic nitrogens is 3. The molecule has 0 bridgehead atoms. The fourth-order valence-corrected chi connectivity index (χ4v) is 2.61. The molecule has 0 unspecified atom stereocenters. The first-order valence-corrected chi connectivity index (χ1v) is 7.15. The zero-order valence-corrected chi connectivity index (χ0v) is 13.5. The maximum Gasteiger partial charge on any atom is 0.513 e. The van der Waals surface area contributed by atoms with Crippen molar-refractivity contribution in [1.29, 1.82) is 0 Å². The molecule has 2 heterocycles. The standard InChI is InChI=1S/C16H13F2N3O4/c1-7-10-13(22)14(25-16(23)24-3)12(19-15(10)21(2)20-7)11-8(17)5-4-6-9(11)18/h4-6H,1-3H3,(H,19,22). The number of ether oxygens (including phenoxy) is 2. The number of fused-ring (bicyclic) bond motifs is 1. The van der Waals surface area contributed by atoms with Gasteiger partial charge in [0.15, 0.2) is 0 Å². The van der Waals surface area contributed by atoms with Gasteiger partial charge >= 0.3 is 6.16 Å². The topological polar surface area (TPSA) is 86.2 Å². The van der Waals surface area contributed by atoms with Gasteiger partial charge in [0, 0.05) is 7.05 Å². The molecule has 0 saturated carbocycles. The molecule has 0 aliphatic rings. The highest BCUT2D eigenvalue weighted by Gasteiger charge is 2.25. The largest absolute Gasteiger partial charge is 0.513 e. The third kappa shape index (κ3) is 2.63. The molecular weight excluding hydrogens is 336 g/mol. The van der Waals surface area contributed by atoms with E-state index in [1.807, 2.05) is 0 Å². The minimum Gasteiger partial charge on any atom is -0.437 e. The molecule has 0 fully saturated rings. The van der Waals surface area contributed by atoms with Crippen molar-refractivity contribution in [2.24, 2.45) is 7.05 Å². The second-order valence-electron chi connectivity index (χ2n) is 5.24. The Labute approximate surface area is 139 Å². The summed E-state index contributed by atoms with van der Waals surface area (Å²) < 4.78 is 39.1. The second kappa shape index (κ2) is 6.00. The molecule has 2 aromatic heterocycles. The van der Waals surface area contributed by atoms with Crippen LogP contribution in [0.4, 0.5) is 13.6 Å². The summed E-state index contributed by atoms with van der Waals surface area (Å²) >= 11 is 0. The number of H-pyrrole nitrogens is 1. The molecule has 0 saturated heterocycles. The van der Waals surface area contributed by atoms with Crippen LogP contribution in [0.5, 0.6) is 5.75 Å². The summed E-state index contributed by atoms with van der Waals surface area (Å²) in [6.07, 6.45) is -1.19. The van der Waals surface area contributed by atoms with Crippen molar-refractivity contribution in [3.63, 3.8) is 0 Å². The number of methoxy groups -OCH3 is 1. The number of nitrogens with zero attached hydrogens (tertiary/aromatic N) is 2. The monoisotopic (exact) mass is 349 g/mol. The Morgan fingerprint density at radius 3 is 2.52 bits per heavy atom. The molecule has 1 aromatic carbocycles. The maximum atomic E-state index is 14.2. The number of carbonyl (C=O) groups excluding carboxylic acids is 1. The number of carbonyl (C=O) groups is 1. The first kappa shape index (κ1) is 16.6. The van der Waals surface area contributed by atoms with E-state index < -0.39 is 34.5 Å². The smallest absolute Gasteiger partial charge is 0.437 e. The minimum absolute atomic E-state index is 0.141. The molecule has 7 nitrogen and oxygen atoms in total. The SMILES string of the molecule is COC(=O)Oc1c(-c2c(F)cccc2F)[nH]c2c(c(C)nn2C)c1=O. The van der Waals surface area contributed by atoms with Gasteiger partial charge in [-0.25, -0.2) is 13.6 Å². The molecule has 9 heteroatoms. The predicted molar refractivity (Wildman–Crippen MR) is 84.5 cm³/mol. The van der Waals surface area contributed by atoms with Gasteiger partial charge in [-0.15, -0.1) is 0 Å². The lowest BCUT2D eigenvalue weighted by Crippen LogP contribution is -2.17. The van der Waals surface area contributed by atoms with E-state index in [9.17, 15) is 18.4 Å². The van der Waals surface area contributed by atoms with Crippen LogP contribution >= 0.6 is 0 Å². The molecule has 0 radical (unpaired) electrons. The molecule has 0 aliphatic carbocycles. The van der Waals surface area contributed by atoms with Crippen LogP contribution in [0.15, 0.2) is 23.0 Å². The van der Waals surface area contributed by atoms with E-state index in [1.54, 1.807) is 14.0 Å². The lowest BCUT2D eigenvalue weighted by molar-refractivity contribution is 0.121. The number of hydrogen-bond donors (Lipinski definition) is 1. The Kier molecular flexibility index (Phi) is 3.99. The van der Waals surface area contributed by atoms with Crippen LogP contribution in [-0.4, -0.2) is 28.0 Å². The number of pyridine rings is 1. The summed E-state index contributed by atoms with van der Waals surface area (Å²) in [6.45, 7) is 1.59. The maximum absolute atomic E-state index is 14.2. The minimum atomic E-state index is -1.19. The van der Waals surface area contributed by atoms with Gasteiger partial charge in [0.1, 0.15) is 23.0 Å². The van der Waals surface area contributed by atoms with Crippen LogP contribution in [0, 0.1) is 18.6 Å². The van der Waals surface area contributed by atoms with Gasteiger partial charge in [-0.3, -0.25) is 9.48 Å². The Morgan fingerprint density at radius 1 is 1.28 bits per heavy atom. The van der Waals surface area contributed by atoms with Gasteiger partial charge in [0.25, 0.3) is 0 Å². The molecule has 3 aromatic rings. The van der Waals surface area contributed by atoms with Crippen LogP contribution in [-0.2, 0) is 11.8 Å². The molecule has 1 N–H and O–H groups in total. The first-order chi connectivity index (χ1) is 11.8. The summed E-state index contributed by atoms with van der Waals surface area (Å²) in [4.78, 5) is 27.0. The lowest BCUT2D eigenvalue weighted by atomic mass is 10.1. The molecule has 0 aliphatic heterocycles. The number of rotatable bonds is 2. The summed E-state index contributed by atoms with van der Waals surface area (Å²) in [6, 6.07) is 3.23. The number of hydrogen-bond acceptors (Lipinski definition) is 5. The van der Waals surface area contributed by atoms with Crippen molar-refractivity contribution in [2.45, 2.75) is 6.92 Å². The first-order valence-electron chi connectivity index (χ1n) is 7.15. The highest BCUT2D eigenvalue weighted by atomic mass is 19.1. The van der Waals surface area contributed by atoms with Crippen molar-refractivity contribution >= 4 is 17.2 Å². The highest BCUT2D eigenvalue weighted by Crippen LogP contribution is 2.32. The third-order valence-electron chi connectivity index (χ3n) is 3.69. The molecule has 25 heavy (non-hydrogen) atoms. The van der Waals surface area contributed by atoms with Crippen LogP contribution in [0.3, 0.4) is 0 Å². The molecule has 130 valence electrons. The van der Waals surface area contributed by atoms with Gasteiger partial charge in [-0.05, 0) is 19.1 Å². The fraction of sp³-hybridized carbons (Fsp3) is 0.188. The third-order valence-corrected chi connectivity index (χ3v) is 3.69. The average Bonchev–Trinajstić information content (AvgIpc) is 2.84. The quantitative estimate of drug-likeness (QED) is 0.719. The van der Waals surface area contributed by atoms with Crippen molar-refractivity contribution in [3.8, 4) is 17.0 Å². The summed E-state index contributed by atoms with van der Waals surface area (Å²) in [5.41, 5.74) is -0.977. The van der Waals surface area contributed by atoms with Gasteiger partial charge < -0.3 is 14.5 Å². The zero-order chi connectivity index (χ0) is 18.3. The number of aromatic amines is 1. The molecule has 0 spiro atoms. The van der Waals surface area contributed by atoms with E-state index in [0.717, 1.165) is 19.2 Å². The second-order valence-corrected chi connectivity index (χ2v) is 5.24. The van der Waals surface area contributed by atoms with Gasteiger partial charge in [-0.2, -0.15) is 5.10 Å². The Morgan fingerprint density at radius 2 is 1.92 bits per heavy atom. The Hall–Kier alpha value is -3.23. The average molecular weight is 349 g/mol. The van der Waals surface area contributed by atoms with Crippen LogP contribution in [0.1, 0.15) is 5.69 Å².